The Morgan fingerprint density at radius 1 is 1.67 bits per heavy atom. The number of hydrogen-bond acceptors (Lipinski definition) is 4. The summed E-state index contributed by atoms with van der Waals surface area (Å²) in [5, 5.41) is 19.5. The highest BCUT2D eigenvalue weighted by Crippen LogP contribution is 1.84. The van der Waals surface area contributed by atoms with E-state index in [1.54, 1.807) is 0 Å². The fourth-order valence-electron chi connectivity index (χ4n) is 0.466. The Bertz CT molecular complexity index is 129. The van der Waals surface area contributed by atoms with Crippen LogP contribution in [0.1, 0.15) is 6.42 Å². The second-order valence-electron chi connectivity index (χ2n) is 2.22. The summed E-state index contributed by atoms with van der Waals surface area (Å²) in [6.45, 7) is 3.34. The molecule has 0 bridgehead atoms. The molecule has 12 heavy (non-hydrogen) atoms. The zero-order valence-electron chi connectivity index (χ0n) is 6.82. The van der Waals surface area contributed by atoms with Crippen LogP contribution in [0.4, 0.5) is 4.79 Å². The van der Waals surface area contributed by atoms with E-state index in [-0.39, 0.29) is 6.61 Å². The van der Waals surface area contributed by atoms with Gasteiger partial charge in [0.05, 0.1) is 6.61 Å². The molecule has 0 aromatic rings. The Labute approximate surface area is 71.3 Å². The quantitative estimate of drug-likeness (QED) is 0.517. The van der Waals surface area contributed by atoms with E-state index in [4.69, 9.17) is 10.2 Å². The van der Waals surface area contributed by atoms with Crippen LogP contribution in [0.15, 0.2) is 0 Å². The maximum atomic E-state index is 10.7. The van der Waals surface area contributed by atoms with Gasteiger partial charge in [-0.15, -0.1) is 0 Å². The molecule has 0 saturated heterocycles. The van der Waals surface area contributed by atoms with Gasteiger partial charge in [0.1, 0.15) is 12.7 Å². The first-order valence-corrected chi connectivity index (χ1v) is 3.69. The predicted molar refractivity (Wildman–Crippen MR) is 42.4 cm³/mol. The van der Waals surface area contributed by atoms with Gasteiger partial charge in [-0.3, -0.25) is 0 Å². The van der Waals surface area contributed by atoms with Gasteiger partial charge in [-0.25, -0.2) is 4.79 Å². The Morgan fingerprint density at radius 2 is 2.33 bits per heavy atom. The molecule has 0 aromatic heterocycles. The fourth-order valence-corrected chi connectivity index (χ4v) is 0.466. The van der Waals surface area contributed by atoms with Crippen molar-refractivity contribution in [1.82, 2.24) is 5.32 Å². The van der Waals surface area contributed by atoms with Gasteiger partial charge in [0.15, 0.2) is 0 Å². The van der Waals surface area contributed by atoms with E-state index >= 15 is 0 Å². The normalized spacial score (nSPS) is 12.2. The molecule has 71 valence electrons. The Balaban J connectivity index is 3.31. The first-order valence-electron chi connectivity index (χ1n) is 3.69. The van der Waals surface area contributed by atoms with Crippen molar-refractivity contribution in [2.24, 2.45) is 0 Å². The van der Waals surface area contributed by atoms with Crippen LogP contribution in [0.2, 0.25) is 0 Å². The van der Waals surface area contributed by atoms with Gasteiger partial charge in [0.2, 0.25) is 0 Å². The predicted octanol–water partition coefficient (Wildman–Crippen LogP) is -0.710. The monoisotopic (exact) mass is 176 g/mol. The highest BCUT2D eigenvalue weighted by atomic mass is 16.6. The largest absolute Gasteiger partial charge is 0.447 e. The Hall–Kier alpha value is -0.810. The summed E-state index contributed by atoms with van der Waals surface area (Å²) in [5.41, 5.74) is 0. The Morgan fingerprint density at radius 3 is 2.83 bits per heavy atom. The van der Waals surface area contributed by atoms with Crippen molar-refractivity contribution in [3.05, 3.63) is 6.92 Å². The van der Waals surface area contributed by atoms with Gasteiger partial charge >= 0.3 is 6.09 Å². The molecule has 0 aliphatic heterocycles. The van der Waals surface area contributed by atoms with Crippen molar-refractivity contribution in [1.29, 1.82) is 0 Å². The van der Waals surface area contributed by atoms with Crippen LogP contribution in [0, 0.1) is 6.92 Å². The average molecular weight is 176 g/mol. The van der Waals surface area contributed by atoms with E-state index in [0.717, 1.165) is 0 Å². The van der Waals surface area contributed by atoms with Gasteiger partial charge in [-0.2, -0.15) is 0 Å². The molecule has 0 aliphatic rings. The van der Waals surface area contributed by atoms with E-state index in [2.05, 4.69) is 17.0 Å². The smallest absolute Gasteiger partial charge is 0.407 e. The third-order valence-electron chi connectivity index (χ3n) is 1.06. The van der Waals surface area contributed by atoms with E-state index < -0.39 is 18.8 Å². The van der Waals surface area contributed by atoms with Crippen LogP contribution in [0.25, 0.3) is 0 Å². The minimum absolute atomic E-state index is 0.195. The number of alkyl carbamates (subject to hydrolysis) is 1. The third kappa shape index (κ3) is 5.94. The molecule has 0 saturated carbocycles. The molecule has 0 rings (SSSR count). The van der Waals surface area contributed by atoms with Gasteiger partial charge in [0.25, 0.3) is 0 Å². The second-order valence-corrected chi connectivity index (χ2v) is 2.22. The van der Waals surface area contributed by atoms with E-state index in [1.165, 1.54) is 0 Å². The summed E-state index contributed by atoms with van der Waals surface area (Å²) < 4.78 is 4.51. The van der Waals surface area contributed by atoms with E-state index in [1.807, 2.05) is 0 Å². The molecule has 5 nitrogen and oxygen atoms in total. The summed E-state index contributed by atoms with van der Waals surface area (Å²) in [7, 11) is 0. The van der Waals surface area contributed by atoms with Gasteiger partial charge in [-0.05, 0) is 6.42 Å². The van der Waals surface area contributed by atoms with Crippen molar-refractivity contribution >= 4 is 6.09 Å². The van der Waals surface area contributed by atoms with Gasteiger partial charge < -0.3 is 20.3 Å². The molecular formula is C7H14NO4. The van der Waals surface area contributed by atoms with Gasteiger partial charge in [0, 0.05) is 6.54 Å². The molecule has 0 spiro atoms. The molecule has 1 unspecified atom stereocenters. The number of aliphatic hydroxyl groups excluding tert-OH is 2. The number of rotatable bonds is 5. The summed E-state index contributed by atoms with van der Waals surface area (Å²) in [6.07, 6.45) is -1.03. The van der Waals surface area contributed by atoms with Crippen LogP contribution in [-0.4, -0.2) is 42.2 Å². The number of nitrogens with one attached hydrogen (secondary N) is 1. The topological polar surface area (TPSA) is 78.8 Å². The maximum Gasteiger partial charge on any atom is 0.407 e. The molecule has 5 heteroatoms. The number of hydrogen-bond donors (Lipinski definition) is 3. The second kappa shape index (κ2) is 6.87. The molecule has 3 N–H and O–H groups in total. The Kier molecular flexibility index (Phi) is 6.41. The number of amides is 1. The average Bonchev–Trinajstić information content (AvgIpc) is 2.10. The van der Waals surface area contributed by atoms with Crippen LogP contribution in [-0.2, 0) is 4.74 Å². The van der Waals surface area contributed by atoms with Crippen molar-refractivity contribution < 1.29 is 19.7 Å². The summed E-state index contributed by atoms with van der Waals surface area (Å²) in [6, 6.07) is 0. The number of carbonyl (C=O) groups excluding carboxylic acids is 1. The lowest BCUT2D eigenvalue weighted by Crippen LogP contribution is -2.29. The highest BCUT2D eigenvalue weighted by Gasteiger charge is 2.05. The van der Waals surface area contributed by atoms with Crippen molar-refractivity contribution in [3.8, 4) is 0 Å². The molecule has 0 aromatic carbocycles. The van der Waals surface area contributed by atoms with Crippen molar-refractivity contribution in [3.63, 3.8) is 0 Å². The molecule has 1 radical (unpaired) electrons. The molecule has 1 atom stereocenters. The first-order chi connectivity index (χ1) is 5.70. The summed E-state index contributed by atoms with van der Waals surface area (Å²) in [4.78, 5) is 10.7. The van der Waals surface area contributed by atoms with Gasteiger partial charge in [-0.1, -0.05) is 6.92 Å². The third-order valence-corrected chi connectivity index (χ3v) is 1.06. The first kappa shape index (κ1) is 11.2. The number of carbonyl (C=O) groups is 1. The molecule has 0 fully saturated rings. The van der Waals surface area contributed by atoms with Crippen LogP contribution in [0.5, 0.6) is 0 Å². The maximum absolute atomic E-state index is 10.7. The SMILES string of the molecule is [CH2]CCNC(=O)OCC(O)CO. The van der Waals surface area contributed by atoms with Crippen LogP contribution >= 0.6 is 0 Å². The molecule has 0 heterocycles. The molecular weight excluding hydrogens is 162 g/mol. The lowest BCUT2D eigenvalue weighted by atomic mass is 10.4. The van der Waals surface area contributed by atoms with Crippen LogP contribution < -0.4 is 5.32 Å². The van der Waals surface area contributed by atoms with E-state index in [9.17, 15) is 4.79 Å². The lowest BCUT2D eigenvalue weighted by Gasteiger charge is -2.08. The zero-order chi connectivity index (χ0) is 9.40. The number of ether oxygens (including phenoxy) is 1. The lowest BCUT2D eigenvalue weighted by molar-refractivity contribution is 0.0322. The molecule has 1 amide bonds. The summed E-state index contributed by atoms with van der Waals surface area (Å²) in [5.74, 6) is 0. The molecule has 0 aliphatic carbocycles. The summed E-state index contributed by atoms with van der Waals surface area (Å²) >= 11 is 0. The standard InChI is InChI=1S/C7H14NO4/c1-2-3-8-7(11)12-5-6(10)4-9/h6,9-10H,1-5H2,(H,8,11). The highest BCUT2D eigenvalue weighted by molar-refractivity contribution is 5.67. The minimum Gasteiger partial charge on any atom is -0.447 e. The van der Waals surface area contributed by atoms with Crippen molar-refractivity contribution in [2.75, 3.05) is 19.8 Å². The minimum atomic E-state index is -1.00. The van der Waals surface area contributed by atoms with E-state index in [0.29, 0.717) is 13.0 Å². The van der Waals surface area contributed by atoms with Crippen molar-refractivity contribution in [2.45, 2.75) is 12.5 Å². The van der Waals surface area contributed by atoms with Crippen LogP contribution in [0.3, 0.4) is 0 Å². The fraction of sp³-hybridized carbons (Fsp3) is 0.714. The number of aliphatic hydroxyl groups is 2. The zero-order valence-corrected chi connectivity index (χ0v) is 6.82.